The van der Waals surface area contributed by atoms with Gasteiger partial charge in [-0.25, -0.2) is 4.79 Å². The van der Waals surface area contributed by atoms with Crippen molar-refractivity contribution < 1.29 is 72.2 Å². The van der Waals surface area contributed by atoms with Gasteiger partial charge in [0.25, 0.3) is 0 Å². The fourth-order valence-electron chi connectivity index (χ4n) is 12.8. The van der Waals surface area contributed by atoms with Crippen LogP contribution in [-0.2, 0) is 62.3 Å². The lowest BCUT2D eigenvalue weighted by Gasteiger charge is -2.41. The summed E-state index contributed by atoms with van der Waals surface area (Å²) in [7, 11) is 10.1. The second kappa shape index (κ2) is 43.0. The van der Waals surface area contributed by atoms with Gasteiger partial charge < -0.3 is 70.7 Å². The van der Waals surface area contributed by atoms with Crippen LogP contribution in [0.4, 0.5) is 4.79 Å². The molecule has 6 N–H and O–H groups in total. The molecule has 27 nitrogen and oxygen atoms in total. The molecule has 0 aromatic carbocycles. The van der Waals surface area contributed by atoms with E-state index >= 15 is 33.6 Å². The largest absolute Gasteiger partial charge is 0.481 e. The zero-order chi connectivity index (χ0) is 79.8. The van der Waals surface area contributed by atoms with E-state index in [1.54, 1.807) is 69.2 Å². The van der Waals surface area contributed by atoms with Crippen molar-refractivity contribution in [3.63, 3.8) is 0 Å². The van der Waals surface area contributed by atoms with Gasteiger partial charge in [-0.1, -0.05) is 136 Å². The van der Waals surface area contributed by atoms with Crippen molar-refractivity contribution in [2.75, 3.05) is 61.6 Å². The van der Waals surface area contributed by atoms with Crippen LogP contribution in [0.5, 0.6) is 0 Å². The number of carboxylic acids is 1. The number of thioether (sulfide) groups is 1. The molecule has 0 spiro atoms. The molecule has 592 valence electrons. The molecule has 1 heterocycles. The molecule has 1 rings (SSSR count). The quantitative estimate of drug-likeness (QED) is 0.0494. The maximum absolute atomic E-state index is 15.6. The first-order valence-corrected chi connectivity index (χ1v) is 38.2. The number of nitrogens with zero attached hydrogens (tertiary/aromatic N) is 7. The van der Waals surface area contributed by atoms with E-state index in [0.717, 1.165) is 31.0 Å². The maximum Gasteiger partial charge on any atom is 0.407 e. The highest BCUT2D eigenvalue weighted by atomic mass is 32.2. The Labute approximate surface area is 621 Å². The lowest BCUT2D eigenvalue weighted by molar-refractivity contribution is -0.156. The Morgan fingerprint density at radius 3 is 1.33 bits per heavy atom. The minimum atomic E-state index is -1.39. The van der Waals surface area contributed by atoms with Gasteiger partial charge in [-0.3, -0.25) is 57.5 Å². The summed E-state index contributed by atoms with van der Waals surface area (Å²) >= 11 is 1.12. The first-order chi connectivity index (χ1) is 47.4. The van der Waals surface area contributed by atoms with E-state index in [9.17, 15) is 33.9 Å². The summed E-state index contributed by atoms with van der Waals surface area (Å²) in [6, 6.07) is -13.7. The standard InChI is InChI=1S/C75H136N12O15S/c1-29-52-67(95)86(27)58(42-103-75(20,21)41-59(88)89)70(98)81(22)54(37-44(4)5)65(93)80-60(47(10)11)71(99)82(23)53(36-43(2)3)63(91)77-50(15)62(90)78-51(16)66(94)84(25)56(38-45(6)7)68(96)85(26)57(39-46(8)9)69(97)87(28)61(48(12)13)72(100)83(24)55(64(92)79-52)40-49(14)34-32-30-31-33-35-76-73(101)102-74(17,18)19/h43-58,60-61H,29-42H2,1-28H3,(H,76,101)(H,77,91)(H,78,90)(H,79,92)(H,80,93)(H,88,89)/t49-,50-,51+,52+,53-,54+,55+,56+,57+,58-,60-,61+/m1/s1. The van der Waals surface area contributed by atoms with Gasteiger partial charge in [-0.2, -0.15) is 11.8 Å². The summed E-state index contributed by atoms with van der Waals surface area (Å²) in [6.45, 7) is 37.5. The lowest BCUT2D eigenvalue weighted by atomic mass is 9.92. The molecule has 103 heavy (non-hydrogen) atoms. The average Bonchev–Trinajstić information content (AvgIpc) is 0.810. The molecule has 0 aromatic rings. The van der Waals surface area contributed by atoms with E-state index in [0.29, 0.717) is 19.4 Å². The zero-order valence-corrected chi connectivity index (χ0v) is 68.8. The Balaban J connectivity index is 4.51. The van der Waals surface area contributed by atoms with Gasteiger partial charge in [0, 0.05) is 66.4 Å². The van der Waals surface area contributed by atoms with Gasteiger partial charge in [0.1, 0.15) is 72.1 Å². The fourth-order valence-corrected chi connectivity index (χ4v) is 14.0. The monoisotopic (exact) mass is 1480 g/mol. The highest BCUT2D eigenvalue weighted by molar-refractivity contribution is 8.00. The molecule has 28 heteroatoms. The molecule has 0 saturated carbocycles. The topological polar surface area (TPSA) is 334 Å². The number of nitrogens with one attached hydrogen (secondary N) is 5. The lowest BCUT2D eigenvalue weighted by Crippen LogP contribution is -2.62. The van der Waals surface area contributed by atoms with Gasteiger partial charge in [-0.15, -0.1) is 0 Å². The number of alkyl carbamates (subject to hydrolysis) is 1. The second-order valence-electron chi connectivity index (χ2n) is 32.7. The van der Waals surface area contributed by atoms with Crippen LogP contribution < -0.4 is 26.6 Å². The fraction of sp³-hybridized carbons (Fsp3) is 0.827. The van der Waals surface area contributed by atoms with Crippen LogP contribution in [0.2, 0.25) is 0 Å². The highest BCUT2D eigenvalue weighted by Crippen LogP contribution is 2.32. The number of rotatable bonds is 25. The number of unbranched alkanes of at least 4 members (excludes halogenated alkanes) is 3. The van der Waals surface area contributed by atoms with E-state index in [1.807, 2.05) is 62.3 Å². The van der Waals surface area contributed by atoms with Crippen molar-refractivity contribution in [1.82, 2.24) is 60.9 Å². The first-order valence-electron chi connectivity index (χ1n) is 37.3. The molecule has 12 atom stereocenters. The van der Waals surface area contributed by atoms with Crippen LogP contribution in [0, 0.1) is 41.4 Å². The number of carbonyl (C=O) groups excluding carboxylic acids is 12. The Morgan fingerprint density at radius 1 is 0.466 bits per heavy atom. The van der Waals surface area contributed by atoms with E-state index in [-0.39, 0.29) is 80.3 Å². The second-order valence-corrected chi connectivity index (χ2v) is 34.4. The number of hydrogen-bond acceptors (Lipinski definition) is 15. The van der Waals surface area contributed by atoms with Crippen molar-refractivity contribution in [1.29, 1.82) is 0 Å². The number of ether oxygens (including phenoxy) is 1. The molecule has 0 aliphatic carbocycles. The summed E-state index contributed by atoms with van der Waals surface area (Å²) in [5, 5.41) is 24.0. The molecule has 0 radical (unpaired) electrons. The van der Waals surface area contributed by atoms with Crippen LogP contribution >= 0.6 is 11.8 Å². The van der Waals surface area contributed by atoms with Gasteiger partial charge >= 0.3 is 12.1 Å². The summed E-state index contributed by atoms with van der Waals surface area (Å²) in [5.41, 5.74) is -0.646. The number of carbonyl (C=O) groups is 13. The van der Waals surface area contributed by atoms with Crippen LogP contribution in [-0.4, -0.2) is 255 Å². The minimum Gasteiger partial charge on any atom is -0.481 e. The van der Waals surface area contributed by atoms with Crippen molar-refractivity contribution in [3.05, 3.63) is 0 Å². The van der Waals surface area contributed by atoms with E-state index in [1.165, 1.54) is 97.5 Å². The third-order valence-corrected chi connectivity index (χ3v) is 20.4. The molecule has 0 aromatic heterocycles. The Morgan fingerprint density at radius 2 is 0.864 bits per heavy atom. The minimum absolute atomic E-state index is 0.00641. The first kappa shape index (κ1) is 94.3. The Kier molecular flexibility index (Phi) is 39.4. The third-order valence-electron chi connectivity index (χ3n) is 18.9. The summed E-state index contributed by atoms with van der Waals surface area (Å²) in [6.07, 6.45) is 3.34. The zero-order valence-electron chi connectivity index (χ0n) is 68.0. The molecular formula is C75H136N12O15S. The molecule has 1 aliphatic rings. The van der Waals surface area contributed by atoms with E-state index in [2.05, 4.69) is 26.6 Å². The van der Waals surface area contributed by atoms with E-state index in [4.69, 9.17) is 4.74 Å². The number of carboxylic acid groups (broad SMARTS) is 1. The molecular weight excluding hydrogens is 1340 g/mol. The smallest absolute Gasteiger partial charge is 0.407 e. The number of likely N-dealkylation sites (N-methyl/N-ethyl adjacent to an activating group) is 7. The summed E-state index contributed by atoms with van der Waals surface area (Å²) in [4.78, 5) is 199. The SMILES string of the molecule is CC[C@@H]1NC(=O)[C@H](C[C@H](C)CCCCCCNC(=O)OC(C)(C)C)N(C)C(=O)[C@H](C(C)C)N(C)C(=O)[C@H](CC(C)C)N(C)C(=O)[C@H](CC(C)C)N(C)C(=O)[C@H](C)NC(=O)[C@@H](C)NC(=O)[C@@H](CC(C)C)N(C)C(=O)[C@@H](C(C)C)NC(=O)[C@H](CC(C)C)N(C)C(=O)[C@@H](CSC(C)(C)CC(=O)O)N(C)C1=O. The van der Waals surface area contributed by atoms with Gasteiger partial charge in [0.2, 0.25) is 65.0 Å². The van der Waals surface area contributed by atoms with Gasteiger partial charge in [0.15, 0.2) is 0 Å². The van der Waals surface area contributed by atoms with Crippen LogP contribution in [0.1, 0.15) is 222 Å². The summed E-state index contributed by atoms with van der Waals surface area (Å²) in [5.74, 6) is -10.7. The van der Waals surface area contributed by atoms with Crippen LogP contribution in [0.15, 0.2) is 0 Å². The molecule has 1 fully saturated rings. The highest BCUT2D eigenvalue weighted by Gasteiger charge is 2.46. The summed E-state index contributed by atoms with van der Waals surface area (Å²) < 4.78 is 4.38. The van der Waals surface area contributed by atoms with Crippen molar-refractivity contribution in [2.24, 2.45) is 41.4 Å². The van der Waals surface area contributed by atoms with Crippen molar-refractivity contribution >= 4 is 88.8 Å². The normalized spacial score (nSPS) is 24.8. The molecule has 12 amide bonds. The predicted molar refractivity (Wildman–Crippen MR) is 403 cm³/mol. The third kappa shape index (κ3) is 30.3. The van der Waals surface area contributed by atoms with Crippen LogP contribution in [0.25, 0.3) is 0 Å². The Bertz CT molecular complexity index is 2850. The number of hydrogen-bond donors (Lipinski definition) is 6. The average molecular weight is 1480 g/mol. The maximum atomic E-state index is 15.6. The predicted octanol–water partition coefficient (Wildman–Crippen LogP) is 7.16. The van der Waals surface area contributed by atoms with Crippen molar-refractivity contribution in [3.8, 4) is 0 Å². The van der Waals surface area contributed by atoms with E-state index < -0.39 is 166 Å². The number of aliphatic carboxylic acids is 1. The molecule has 0 bridgehead atoms. The van der Waals surface area contributed by atoms with Gasteiger partial charge in [0.05, 0.1) is 6.42 Å². The van der Waals surface area contributed by atoms with Crippen molar-refractivity contribution in [2.45, 2.75) is 299 Å². The molecule has 0 unspecified atom stereocenters. The number of amides is 12. The van der Waals surface area contributed by atoms with Crippen LogP contribution in [0.3, 0.4) is 0 Å². The van der Waals surface area contributed by atoms with Gasteiger partial charge in [-0.05, 0) is 121 Å². The Hall–Kier alpha value is -6.74. The molecule has 1 aliphatic heterocycles. The molecule has 1 saturated heterocycles.